The molecule has 462 valence electrons. The van der Waals surface area contributed by atoms with E-state index in [2.05, 4.69) is 179 Å². The second-order valence-electron chi connectivity index (χ2n) is 21.6. The highest BCUT2D eigenvalue weighted by atomic mass is 16.6. The van der Waals surface area contributed by atoms with Crippen molar-refractivity contribution in [2.75, 3.05) is 13.2 Å². The third-order valence-corrected chi connectivity index (χ3v) is 13.8. The molecule has 6 heteroatoms. The van der Waals surface area contributed by atoms with Crippen LogP contribution in [0.5, 0.6) is 0 Å². The van der Waals surface area contributed by atoms with E-state index in [-0.39, 0.29) is 31.1 Å². The zero-order valence-electron chi connectivity index (χ0n) is 52.9. The van der Waals surface area contributed by atoms with E-state index in [0.29, 0.717) is 19.3 Å². The Labute approximate surface area is 505 Å². The molecule has 0 aliphatic carbocycles. The van der Waals surface area contributed by atoms with Crippen LogP contribution in [-0.2, 0) is 28.6 Å². The van der Waals surface area contributed by atoms with E-state index in [1.165, 1.54) is 83.5 Å². The molecule has 0 aromatic carbocycles. The van der Waals surface area contributed by atoms with Gasteiger partial charge in [-0.3, -0.25) is 14.4 Å². The molecule has 0 saturated carbocycles. The van der Waals surface area contributed by atoms with E-state index in [9.17, 15) is 14.4 Å². The minimum absolute atomic E-state index is 0.0899. The van der Waals surface area contributed by atoms with Crippen LogP contribution in [0.25, 0.3) is 0 Å². The summed E-state index contributed by atoms with van der Waals surface area (Å²) in [5, 5.41) is 0. The average Bonchev–Trinajstić information content (AvgIpc) is 3.47. The van der Waals surface area contributed by atoms with E-state index < -0.39 is 6.10 Å². The first-order valence-electron chi connectivity index (χ1n) is 33.5. The molecule has 0 aromatic rings. The predicted octanol–water partition coefficient (Wildman–Crippen LogP) is 23.3. The molecule has 0 fully saturated rings. The van der Waals surface area contributed by atoms with Gasteiger partial charge in [0.05, 0.1) is 0 Å². The SMILES string of the molecule is CC/C=C\C/C=C\C/C=C\C/C=C\C/C=C\C/C=C\C/C=C\CCCCCCCCCCCC(=O)OCC(COC(=O)CCCCCCCCCC)OC(=O)CCCCCCCC/C=C\C/C=C\C/C=C\C/C=C\C/C=C\C/C=C\CC. The van der Waals surface area contributed by atoms with E-state index >= 15 is 0 Å². The van der Waals surface area contributed by atoms with Gasteiger partial charge in [-0.15, -0.1) is 0 Å². The highest BCUT2D eigenvalue weighted by molar-refractivity contribution is 5.71. The van der Waals surface area contributed by atoms with Crippen LogP contribution in [0.3, 0.4) is 0 Å². The lowest BCUT2D eigenvalue weighted by Gasteiger charge is -2.18. The lowest BCUT2D eigenvalue weighted by molar-refractivity contribution is -0.167. The summed E-state index contributed by atoms with van der Waals surface area (Å²) in [4.78, 5) is 38.2. The Morgan fingerprint density at radius 2 is 0.476 bits per heavy atom. The van der Waals surface area contributed by atoms with Crippen molar-refractivity contribution in [3.63, 3.8) is 0 Å². The zero-order chi connectivity index (χ0) is 59.2. The number of carbonyl (C=O) groups excluding carboxylic acids is 3. The van der Waals surface area contributed by atoms with Gasteiger partial charge in [-0.05, 0) is 128 Å². The summed E-state index contributed by atoms with van der Waals surface area (Å²) in [5.74, 6) is -0.916. The first kappa shape index (κ1) is 77.0. The van der Waals surface area contributed by atoms with Crippen LogP contribution in [0.15, 0.2) is 158 Å². The molecular weight excluding hydrogens is 1010 g/mol. The maximum absolute atomic E-state index is 12.9. The van der Waals surface area contributed by atoms with Crippen LogP contribution in [0.1, 0.15) is 284 Å². The lowest BCUT2D eigenvalue weighted by Crippen LogP contribution is -2.30. The third-order valence-electron chi connectivity index (χ3n) is 13.8. The fourth-order valence-electron chi connectivity index (χ4n) is 8.84. The highest BCUT2D eigenvalue weighted by Gasteiger charge is 2.19. The first-order chi connectivity index (χ1) is 40.5. The molecule has 0 aliphatic heterocycles. The maximum atomic E-state index is 12.9. The van der Waals surface area contributed by atoms with Crippen molar-refractivity contribution in [1.29, 1.82) is 0 Å². The number of esters is 3. The summed E-state index contributed by atoms with van der Waals surface area (Å²) in [6, 6.07) is 0. The molecule has 0 amide bonds. The van der Waals surface area contributed by atoms with Gasteiger partial charge in [0.25, 0.3) is 0 Å². The van der Waals surface area contributed by atoms with Gasteiger partial charge in [-0.25, -0.2) is 0 Å². The predicted molar refractivity (Wildman–Crippen MR) is 357 cm³/mol. The molecule has 0 heterocycles. The zero-order valence-corrected chi connectivity index (χ0v) is 52.9. The number of hydrogen-bond acceptors (Lipinski definition) is 6. The summed E-state index contributed by atoms with van der Waals surface area (Å²) in [6.45, 7) is 6.37. The van der Waals surface area contributed by atoms with Crippen molar-refractivity contribution >= 4 is 17.9 Å². The molecule has 0 bridgehead atoms. The monoisotopic (exact) mass is 1130 g/mol. The summed E-state index contributed by atoms with van der Waals surface area (Å²) < 4.78 is 16.9. The van der Waals surface area contributed by atoms with Crippen molar-refractivity contribution in [2.24, 2.45) is 0 Å². The molecule has 0 rings (SSSR count). The summed E-state index contributed by atoms with van der Waals surface area (Å²) in [7, 11) is 0. The Morgan fingerprint density at radius 3 is 0.744 bits per heavy atom. The molecule has 0 aliphatic rings. The van der Waals surface area contributed by atoms with Gasteiger partial charge in [0.15, 0.2) is 6.10 Å². The number of allylic oxidation sites excluding steroid dienone is 26. The Balaban J connectivity index is 4.24. The van der Waals surface area contributed by atoms with Gasteiger partial charge in [-0.2, -0.15) is 0 Å². The molecule has 0 aromatic heterocycles. The van der Waals surface area contributed by atoms with Gasteiger partial charge in [0.2, 0.25) is 0 Å². The number of rotatable bonds is 59. The van der Waals surface area contributed by atoms with Crippen LogP contribution in [0, 0.1) is 0 Å². The van der Waals surface area contributed by atoms with E-state index in [1.54, 1.807) is 0 Å². The number of ether oxygens (including phenoxy) is 3. The Hall–Kier alpha value is -4.97. The molecule has 1 atom stereocenters. The topological polar surface area (TPSA) is 78.9 Å². The summed E-state index contributed by atoms with van der Waals surface area (Å²) in [5.41, 5.74) is 0. The van der Waals surface area contributed by atoms with Crippen LogP contribution in [0.2, 0.25) is 0 Å². The molecule has 0 N–H and O–H groups in total. The standard InChI is InChI=1S/C76H122O6/c1-4-7-10-13-16-19-21-23-25-27-29-31-33-35-36-37-38-39-40-42-43-45-47-49-51-53-55-57-60-63-66-69-75(78)81-72-73(71-80-74(77)68-65-62-59-18-15-12-9-6-3)82-76(79)70-67-64-61-58-56-54-52-50-48-46-44-41-34-32-30-28-26-24-22-20-17-14-11-8-5-2/h7-8,10-11,16-17,19-20,23-26,29-32,35-36,38-39,41-44,48,50,73H,4-6,9,12-15,18,21-22,27-28,33-34,37,40,45-47,49,51-72H2,1-3H3/b10-7-,11-8-,19-16-,20-17-,25-23-,26-24-,31-29-,32-30-,36-35-,39-38-,43-42-,44-41-,50-48-. The normalized spacial score (nSPS) is 13.2. The van der Waals surface area contributed by atoms with Crippen molar-refractivity contribution in [3.05, 3.63) is 158 Å². The molecule has 1 unspecified atom stereocenters. The van der Waals surface area contributed by atoms with E-state index in [1.807, 2.05) is 0 Å². The fraction of sp³-hybridized carbons (Fsp3) is 0.618. The van der Waals surface area contributed by atoms with Gasteiger partial charge < -0.3 is 14.2 Å². The van der Waals surface area contributed by atoms with Crippen LogP contribution < -0.4 is 0 Å². The second-order valence-corrected chi connectivity index (χ2v) is 21.6. The van der Waals surface area contributed by atoms with E-state index in [4.69, 9.17) is 14.2 Å². The Morgan fingerprint density at radius 1 is 0.256 bits per heavy atom. The summed E-state index contributed by atoms with van der Waals surface area (Å²) >= 11 is 0. The quantitative estimate of drug-likeness (QED) is 0.0261. The Kier molecular flexibility index (Phi) is 64.4. The van der Waals surface area contributed by atoms with Crippen molar-refractivity contribution < 1.29 is 28.6 Å². The Bertz CT molecular complexity index is 1830. The van der Waals surface area contributed by atoms with Crippen LogP contribution in [0.4, 0.5) is 0 Å². The molecular formula is C76H122O6. The number of hydrogen-bond donors (Lipinski definition) is 0. The third kappa shape index (κ3) is 65.8. The fourth-order valence-corrected chi connectivity index (χ4v) is 8.84. The number of unbranched alkanes of at least 4 members (excludes halogenated alkanes) is 22. The second kappa shape index (κ2) is 68.5. The van der Waals surface area contributed by atoms with Gasteiger partial charge >= 0.3 is 17.9 Å². The molecule has 6 nitrogen and oxygen atoms in total. The molecule has 0 spiro atoms. The van der Waals surface area contributed by atoms with Crippen LogP contribution in [-0.4, -0.2) is 37.2 Å². The van der Waals surface area contributed by atoms with Crippen molar-refractivity contribution in [3.8, 4) is 0 Å². The smallest absolute Gasteiger partial charge is 0.306 e. The maximum Gasteiger partial charge on any atom is 0.306 e. The van der Waals surface area contributed by atoms with E-state index in [0.717, 1.165) is 161 Å². The lowest BCUT2D eigenvalue weighted by atomic mass is 10.1. The van der Waals surface area contributed by atoms with Crippen molar-refractivity contribution in [2.45, 2.75) is 290 Å². The average molecular weight is 1130 g/mol. The minimum Gasteiger partial charge on any atom is -0.462 e. The van der Waals surface area contributed by atoms with Gasteiger partial charge in [-0.1, -0.05) is 294 Å². The molecule has 82 heavy (non-hydrogen) atoms. The van der Waals surface area contributed by atoms with Crippen LogP contribution >= 0.6 is 0 Å². The van der Waals surface area contributed by atoms with Gasteiger partial charge in [0.1, 0.15) is 13.2 Å². The number of carbonyl (C=O) groups is 3. The minimum atomic E-state index is -0.794. The van der Waals surface area contributed by atoms with Gasteiger partial charge in [0, 0.05) is 19.3 Å². The summed E-state index contributed by atoms with van der Waals surface area (Å²) in [6.07, 6.45) is 99.8. The first-order valence-corrected chi connectivity index (χ1v) is 33.5. The largest absolute Gasteiger partial charge is 0.462 e. The highest BCUT2D eigenvalue weighted by Crippen LogP contribution is 2.15. The van der Waals surface area contributed by atoms with Crippen molar-refractivity contribution in [1.82, 2.24) is 0 Å². The molecule has 0 saturated heterocycles. The molecule has 0 radical (unpaired) electrons.